The molecule has 0 radical (unpaired) electrons. The largest absolute Gasteiger partial charge is 0.493 e. The summed E-state index contributed by atoms with van der Waals surface area (Å²) in [5.41, 5.74) is 4.81. The fourth-order valence-corrected chi connectivity index (χ4v) is 6.09. The van der Waals surface area contributed by atoms with Crippen LogP contribution < -0.4 is 4.74 Å². The van der Waals surface area contributed by atoms with Crippen molar-refractivity contribution >= 4 is 11.8 Å². The van der Waals surface area contributed by atoms with Crippen LogP contribution in [0.2, 0.25) is 0 Å². The van der Waals surface area contributed by atoms with Crippen LogP contribution in [0, 0.1) is 0 Å². The van der Waals surface area contributed by atoms with Crippen LogP contribution in [-0.2, 0) is 0 Å². The normalized spacial score (nSPS) is 25.3. The molecular formula is C23H27F2N3OS. The molecule has 4 aliphatic rings. The minimum atomic E-state index is -2.53. The zero-order chi connectivity index (χ0) is 20.9. The number of rotatable bonds is 3. The Morgan fingerprint density at radius 3 is 2.70 bits per heavy atom. The number of nitrogens with zero attached hydrogens (tertiary/aromatic N) is 3. The van der Waals surface area contributed by atoms with E-state index in [4.69, 9.17) is 4.74 Å². The zero-order valence-corrected chi connectivity index (χ0v) is 18.2. The third-order valence-electron chi connectivity index (χ3n) is 6.36. The average molecular weight is 432 g/mol. The Balaban J connectivity index is 1.53. The Kier molecular flexibility index (Phi) is 4.96. The molecule has 1 aromatic rings. The predicted molar refractivity (Wildman–Crippen MR) is 116 cm³/mol. The number of fused-ring (bicyclic) bond motifs is 2. The first-order chi connectivity index (χ1) is 14.4. The summed E-state index contributed by atoms with van der Waals surface area (Å²) in [6.45, 7) is 1.50. The molecule has 5 rings (SSSR count). The molecule has 0 bridgehead atoms. The Hall–Kier alpha value is -2.15. The second-order valence-electron chi connectivity index (χ2n) is 8.45. The third-order valence-corrected chi connectivity index (χ3v) is 7.47. The van der Waals surface area contributed by atoms with Gasteiger partial charge in [-0.15, -0.1) is 11.8 Å². The highest BCUT2D eigenvalue weighted by Gasteiger charge is 2.40. The fraction of sp³-hybridized carbons (Fsp3) is 0.478. The molecule has 4 heterocycles. The van der Waals surface area contributed by atoms with Gasteiger partial charge in [-0.2, -0.15) is 0 Å². The molecule has 1 aromatic carbocycles. The third kappa shape index (κ3) is 3.37. The quantitative estimate of drug-likeness (QED) is 0.682. The van der Waals surface area contributed by atoms with Crippen LogP contribution in [0.4, 0.5) is 8.78 Å². The van der Waals surface area contributed by atoms with Gasteiger partial charge in [-0.05, 0) is 12.1 Å². The number of thioether (sulfide) groups is 1. The van der Waals surface area contributed by atoms with Crippen molar-refractivity contribution in [2.24, 2.45) is 0 Å². The molecule has 1 saturated heterocycles. The van der Waals surface area contributed by atoms with E-state index in [-0.39, 0.29) is 18.9 Å². The van der Waals surface area contributed by atoms with Crippen molar-refractivity contribution in [2.45, 2.75) is 31.2 Å². The Morgan fingerprint density at radius 2 is 1.93 bits per heavy atom. The maximum absolute atomic E-state index is 13.7. The van der Waals surface area contributed by atoms with Gasteiger partial charge in [-0.1, -0.05) is 18.2 Å². The standard InChI is InChI=1S/C23H27F2N3OS/c1-26(2)19-15-30-22-18(27-12-9-23(24,25)10-13-27)7-11-28(21(19)22)17-8-14-29-20-6-4-3-5-16(17)20/h3-7,11,17H,8-10,12-15H2,1-2H3/t17-/m0/s1. The first-order valence-corrected chi connectivity index (χ1v) is 11.5. The number of para-hydroxylation sites is 1. The SMILES string of the molecule is CN(C)C1=C2C(=C(N3CCC(F)(F)CC3)C=CN2[C@H]2CCOc3ccccc32)SC1. The molecule has 4 nitrogen and oxygen atoms in total. The Morgan fingerprint density at radius 1 is 1.17 bits per heavy atom. The van der Waals surface area contributed by atoms with Crippen LogP contribution in [0.15, 0.2) is 58.5 Å². The van der Waals surface area contributed by atoms with Gasteiger partial charge in [0.25, 0.3) is 5.92 Å². The average Bonchev–Trinajstić information content (AvgIpc) is 3.19. The lowest BCUT2D eigenvalue weighted by molar-refractivity contribution is -0.0484. The molecule has 0 spiro atoms. The van der Waals surface area contributed by atoms with Crippen molar-refractivity contribution in [3.05, 3.63) is 64.1 Å². The molecule has 7 heteroatoms. The predicted octanol–water partition coefficient (Wildman–Crippen LogP) is 4.80. The van der Waals surface area contributed by atoms with Gasteiger partial charge in [0.2, 0.25) is 0 Å². The van der Waals surface area contributed by atoms with Gasteiger partial charge < -0.3 is 19.4 Å². The van der Waals surface area contributed by atoms with Crippen molar-refractivity contribution in [2.75, 3.05) is 39.5 Å². The highest BCUT2D eigenvalue weighted by Crippen LogP contribution is 2.49. The van der Waals surface area contributed by atoms with Crippen molar-refractivity contribution in [3.8, 4) is 5.75 Å². The van der Waals surface area contributed by atoms with Gasteiger partial charge in [-0.3, -0.25) is 0 Å². The summed E-state index contributed by atoms with van der Waals surface area (Å²) in [7, 11) is 4.17. The van der Waals surface area contributed by atoms with Gasteiger partial charge in [0, 0.05) is 69.7 Å². The lowest BCUT2D eigenvalue weighted by Gasteiger charge is -2.41. The minimum absolute atomic E-state index is 0.0705. The Bertz CT molecular complexity index is 930. The van der Waals surface area contributed by atoms with Crippen molar-refractivity contribution in [1.29, 1.82) is 0 Å². The monoisotopic (exact) mass is 431 g/mol. The molecule has 0 saturated carbocycles. The second kappa shape index (κ2) is 7.52. The zero-order valence-electron chi connectivity index (χ0n) is 17.4. The molecule has 0 aromatic heterocycles. The van der Waals surface area contributed by atoms with E-state index < -0.39 is 5.92 Å². The number of piperidine rings is 1. The van der Waals surface area contributed by atoms with Crippen LogP contribution in [0.5, 0.6) is 5.75 Å². The van der Waals surface area contributed by atoms with E-state index in [1.807, 2.05) is 23.9 Å². The lowest BCUT2D eigenvalue weighted by atomic mass is 9.97. The van der Waals surface area contributed by atoms with Gasteiger partial charge in [-0.25, -0.2) is 8.78 Å². The van der Waals surface area contributed by atoms with Crippen molar-refractivity contribution in [1.82, 2.24) is 14.7 Å². The molecule has 0 amide bonds. The number of hydrogen-bond donors (Lipinski definition) is 0. The summed E-state index contributed by atoms with van der Waals surface area (Å²) < 4.78 is 33.3. The lowest BCUT2D eigenvalue weighted by Crippen LogP contribution is -2.40. The highest BCUT2D eigenvalue weighted by atomic mass is 32.2. The summed E-state index contributed by atoms with van der Waals surface area (Å²) in [6, 6.07) is 8.47. The number of halogens is 2. The molecule has 1 atom stereocenters. The van der Waals surface area contributed by atoms with Crippen LogP contribution in [0.3, 0.4) is 0 Å². The summed E-state index contributed by atoms with van der Waals surface area (Å²) >= 11 is 1.82. The van der Waals surface area contributed by atoms with Crippen molar-refractivity contribution < 1.29 is 13.5 Å². The van der Waals surface area contributed by atoms with Gasteiger partial charge in [0.15, 0.2) is 0 Å². The van der Waals surface area contributed by atoms with E-state index in [1.54, 1.807) is 0 Å². The highest BCUT2D eigenvalue weighted by molar-refractivity contribution is 8.03. The topological polar surface area (TPSA) is 19.0 Å². The molecule has 0 aliphatic carbocycles. The molecule has 0 N–H and O–H groups in total. The number of ether oxygens (including phenoxy) is 1. The fourth-order valence-electron chi connectivity index (χ4n) is 4.71. The summed E-state index contributed by atoms with van der Waals surface area (Å²) in [5, 5.41) is 0. The number of likely N-dealkylation sites (tertiary alicyclic amines) is 1. The van der Waals surface area contributed by atoms with E-state index in [2.05, 4.69) is 53.2 Å². The van der Waals surface area contributed by atoms with Gasteiger partial charge in [0.1, 0.15) is 5.75 Å². The van der Waals surface area contributed by atoms with Crippen LogP contribution in [0.1, 0.15) is 30.9 Å². The molecular weight excluding hydrogens is 404 g/mol. The molecule has 30 heavy (non-hydrogen) atoms. The van der Waals surface area contributed by atoms with E-state index >= 15 is 0 Å². The van der Waals surface area contributed by atoms with Crippen LogP contribution in [-0.4, -0.2) is 60.2 Å². The molecule has 4 aliphatic heterocycles. The summed E-state index contributed by atoms with van der Waals surface area (Å²) in [4.78, 5) is 7.93. The van der Waals surface area contributed by atoms with Crippen molar-refractivity contribution in [3.63, 3.8) is 0 Å². The smallest absolute Gasteiger partial charge is 0.251 e. The Labute approximate surface area is 180 Å². The molecule has 0 unspecified atom stereocenters. The number of alkyl halides is 2. The summed E-state index contributed by atoms with van der Waals surface area (Å²) in [5.74, 6) is -0.683. The first-order valence-electron chi connectivity index (χ1n) is 10.5. The molecule has 160 valence electrons. The van der Waals surface area contributed by atoms with E-state index in [1.165, 1.54) is 21.9 Å². The second-order valence-corrected chi connectivity index (χ2v) is 9.44. The van der Waals surface area contributed by atoms with Crippen LogP contribution in [0.25, 0.3) is 0 Å². The van der Waals surface area contributed by atoms with Gasteiger partial charge >= 0.3 is 0 Å². The maximum Gasteiger partial charge on any atom is 0.251 e. The minimum Gasteiger partial charge on any atom is -0.493 e. The number of benzene rings is 1. The summed E-state index contributed by atoms with van der Waals surface area (Å²) in [6.07, 6.45) is 5.06. The molecule has 1 fully saturated rings. The number of allylic oxidation sites excluding steroid dienone is 1. The van der Waals surface area contributed by atoms with E-state index in [0.717, 1.165) is 23.6 Å². The van der Waals surface area contributed by atoms with E-state index in [0.29, 0.717) is 19.7 Å². The number of hydrogen-bond acceptors (Lipinski definition) is 5. The van der Waals surface area contributed by atoms with Crippen LogP contribution >= 0.6 is 11.8 Å². The maximum atomic E-state index is 13.7. The first kappa shape index (κ1) is 19.8. The van der Waals surface area contributed by atoms with E-state index in [9.17, 15) is 8.78 Å². The van der Waals surface area contributed by atoms with Gasteiger partial charge in [0.05, 0.1) is 28.9 Å².